The van der Waals surface area contributed by atoms with Gasteiger partial charge in [-0.05, 0) is 43.7 Å². The Balaban J connectivity index is 1.66. The van der Waals surface area contributed by atoms with Crippen LogP contribution >= 0.6 is 11.8 Å². The molecule has 3 rings (SSSR count). The molecule has 2 heterocycles. The van der Waals surface area contributed by atoms with Crippen LogP contribution < -0.4 is 10.2 Å². The maximum absolute atomic E-state index is 13.3. The fourth-order valence-electron chi connectivity index (χ4n) is 2.92. The number of nitrogens with one attached hydrogen (secondary N) is 1. The van der Waals surface area contributed by atoms with Gasteiger partial charge in [0.1, 0.15) is 11.6 Å². The number of nitrogens with zero attached hydrogens (tertiary/aromatic N) is 3. The number of carbonyl (C=O) groups excluding carboxylic acids is 1. The van der Waals surface area contributed by atoms with Gasteiger partial charge >= 0.3 is 6.18 Å². The lowest BCUT2D eigenvalue weighted by Crippen LogP contribution is -2.24. The molecule has 0 fully saturated rings. The highest BCUT2D eigenvalue weighted by molar-refractivity contribution is 7.98. The molecule has 1 amide bonds. The van der Waals surface area contributed by atoms with Gasteiger partial charge in [-0.2, -0.15) is 13.2 Å². The van der Waals surface area contributed by atoms with Gasteiger partial charge in [0.2, 0.25) is 0 Å². The lowest BCUT2D eigenvalue weighted by Gasteiger charge is -2.21. The first kappa shape index (κ1) is 23.6. The number of furan rings is 1. The van der Waals surface area contributed by atoms with Gasteiger partial charge in [-0.3, -0.25) is 4.79 Å². The van der Waals surface area contributed by atoms with E-state index < -0.39 is 11.9 Å². The van der Waals surface area contributed by atoms with E-state index in [1.54, 1.807) is 41.3 Å². The average Bonchev–Trinajstić information content (AvgIpc) is 3.30. The molecule has 0 aliphatic heterocycles. The molecule has 0 unspecified atom stereocenters. The van der Waals surface area contributed by atoms with Crippen LogP contribution in [-0.2, 0) is 18.5 Å². The lowest BCUT2D eigenvalue weighted by molar-refractivity contribution is -0.141. The standard InChI is InChI=1S/C22H23F3N4O2S/c1-3-29(4-2)19-12-18(22(23,24)25)27-21(28-19)32-14-15-7-9-16(10-8-15)20(30)26-13-17-6-5-11-31-17/h5-12H,3-4,13-14H2,1-2H3,(H,26,30). The molecule has 3 aromatic rings. The normalized spacial score (nSPS) is 11.4. The van der Waals surface area contributed by atoms with E-state index in [-0.39, 0.29) is 23.4 Å². The van der Waals surface area contributed by atoms with Crippen LogP contribution in [0.2, 0.25) is 0 Å². The minimum atomic E-state index is -4.55. The van der Waals surface area contributed by atoms with Gasteiger partial charge in [0.15, 0.2) is 10.9 Å². The molecule has 0 aliphatic carbocycles. The zero-order chi connectivity index (χ0) is 23.1. The summed E-state index contributed by atoms with van der Waals surface area (Å²) in [5.41, 5.74) is 0.355. The predicted molar refractivity (Wildman–Crippen MR) is 116 cm³/mol. The van der Waals surface area contributed by atoms with Gasteiger partial charge in [0.05, 0.1) is 12.8 Å². The van der Waals surface area contributed by atoms with Crippen molar-refractivity contribution in [2.24, 2.45) is 0 Å². The van der Waals surface area contributed by atoms with E-state index >= 15 is 0 Å². The van der Waals surface area contributed by atoms with Gasteiger partial charge in [0.25, 0.3) is 5.91 Å². The summed E-state index contributed by atoms with van der Waals surface area (Å²) in [4.78, 5) is 22.0. The zero-order valence-corrected chi connectivity index (χ0v) is 18.5. The molecule has 32 heavy (non-hydrogen) atoms. The third-order valence-electron chi connectivity index (χ3n) is 4.66. The van der Waals surface area contributed by atoms with E-state index in [4.69, 9.17) is 4.42 Å². The summed E-state index contributed by atoms with van der Waals surface area (Å²) in [5, 5.41) is 2.82. The number of aromatic nitrogens is 2. The van der Waals surface area contributed by atoms with Crippen LogP contribution in [0.5, 0.6) is 0 Å². The van der Waals surface area contributed by atoms with Crippen LogP contribution in [0.25, 0.3) is 0 Å². The van der Waals surface area contributed by atoms with Crippen LogP contribution in [0.15, 0.2) is 58.3 Å². The molecular formula is C22H23F3N4O2S. The number of carbonyl (C=O) groups is 1. The molecule has 170 valence electrons. The van der Waals surface area contributed by atoms with Crippen LogP contribution in [0.3, 0.4) is 0 Å². The highest BCUT2D eigenvalue weighted by atomic mass is 32.2. The Bertz CT molecular complexity index is 1020. The van der Waals surface area contributed by atoms with E-state index in [0.717, 1.165) is 23.4 Å². The van der Waals surface area contributed by atoms with Crippen molar-refractivity contribution >= 4 is 23.5 Å². The van der Waals surface area contributed by atoms with Crippen molar-refractivity contribution in [1.29, 1.82) is 0 Å². The van der Waals surface area contributed by atoms with Gasteiger partial charge in [-0.15, -0.1) is 0 Å². The summed E-state index contributed by atoms with van der Waals surface area (Å²) in [7, 11) is 0. The largest absolute Gasteiger partial charge is 0.467 e. The number of rotatable bonds is 9. The Labute approximate surface area is 188 Å². The monoisotopic (exact) mass is 464 g/mol. The first-order chi connectivity index (χ1) is 15.3. The zero-order valence-electron chi connectivity index (χ0n) is 17.6. The number of benzene rings is 1. The molecule has 0 aliphatic rings. The third-order valence-corrected chi connectivity index (χ3v) is 5.58. The quantitative estimate of drug-likeness (QED) is 0.349. The molecule has 0 saturated carbocycles. The molecule has 0 radical (unpaired) electrons. The second-order valence-corrected chi connectivity index (χ2v) is 7.75. The predicted octanol–water partition coefficient (Wildman–Crippen LogP) is 5.16. The second kappa shape index (κ2) is 10.5. The summed E-state index contributed by atoms with van der Waals surface area (Å²) >= 11 is 1.12. The van der Waals surface area contributed by atoms with Crippen LogP contribution in [0.1, 0.15) is 41.2 Å². The van der Waals surface area contributed by atoms with E-state index in [1.807, 2.05) is 13.8 Å². The van der Waals surface area contributed by atoms with Crippen molar-refractivity contribution in [3.63, 3.8) is 0 Å². The molecule has 0 bridgehead atoms. The summed E-state index contributed by atoms with van der Waals surface area (Å²) < 4.78 is 45.1. The van der Waals surface area contributed by atoms with Crippen LogP contribution in [0, 0.1) is 0 Å². The minimum absolute atomic E-state index is 0.0574. The summed E-state index contributed by atoms with van der Waals surface area (Å²) in [5.74, 6) is 1.03. The fraction of sp³-hybridized carbons (Fsp3) is 0.318. The maximum atomic E-state index is 13.3. The molecule has 2 aromatic heterocycles. The van der Waals surface area contributed by atoms with E-state index in [1.165, 1.54) is 6.26 Å². The number of alkyl halides is 3. The molecule has 0 atom stereocenters. The van der Waals surface area contributed by atoms with Gasteiger partial charge < -0.3 is 14.6 Å². The SMILES string of the molecule is CCN(CC)c1cc(C(F)(F)F)nc(SCc2ccc(C(=O)NCc3ccco3)cc2)n1. The fourth-order valence-corrected chi connectivity index (χ4v) is 3.72. The third kappa shape index (κ3) is 6.25. The lowest BCUT2D eigenvalue weighted by atomic mass is 10.1. The Morgan fingerprint density at radius 2 is 1.84 bits per heavy atom. The Morgan fingerprint density at radius 1 is 1.12 bits per heavy atom. The van der Waals surface area contributed by atoms with Gasteiger partial charge in [-0.25, -0.2) is 9.97 Å². The molecule has 0 spiro atoms. The summed E-state index contributed by atoms with van der Waals surface area (Å²) in [6.07, 6.45) is -3.02. The summed E-state index contributed by atoms with van der Waals surface area (Å²) in [6.45, 7) is 5.08. The molecule has 1 N–H and O–H groups in total. The van der Waals surface area contributed by atoms with Crippen molar-refractivity contribution in [2.75, 3.05) is 18.0 Å². The Morgan fingerprint density at radius 3 is 2.44 bits per heavy atom. The van der Waals surface area contributed by atoms with E-state index in [2.05, 4.69) is 15.3 Å². The van der Waals surface area contributed by atoms with Crippen LogP contribution in [0.4, 0.5) is 19.0 Å². The molecule has 1 aromatic carbocycles. The minimum Gasteiger partial charge on any atom is -0.467 e. The number of hydrogen-bond acceptors (Lipinski definition) is 6. The van der Waals surface area contributed by atoms with Crippen molar-refractivity contribution < 1.29 is 22.4 Å². The van der Waals surface area contributed by atoms with Crippen molar-refractivity contribution in [3.05, 3.63) is 71.3 Å². The highest BCUT2D eigenvalue weighted by Gasteiger charge is 2.34. The number of thioether (sulfide) groups is 1. The maximum Gasteiger partial charge on any atom is 0.433 e. The summed E-state index contributed by atoms with van der Waals surface area (Å²) in [6, 6.07) is 11.3. The average molecular weight is 465 g/mol. The molecule has 0 saturated heterocycles. The highest BCUT2D eigenvalue weighted by Crippen LogP contribution is 2.32. The first-order valence-electron chi connectivity index (χ1n) is 10.0. The van der Waals surface area contributed by atoms with Crippen molar-refractivity contribution in [1.82, 2.24) is 15.3 Å². The Kier molecular flexibility index (Phi) is 7.79. The van der Waals surface area contributed by atoms with Crippen molar-refractivity contribution in [2.45, 2.75) is 37.5 Å². The number of anilines is 1. The Hall–Kier alpha value is -3.01. The molecule has 6 nitrogen and oxygen atoms in total. The van der Waals surface area contributed by atoms with Crippen molar-refractivity contribution in [3.8, 4) is 0 Å². The number of amides is 1. The topological polar surface area (TPSA) is 71.3 Å². The van der Waals surface area contributed by atoms with Gasteiger partial charge in [0, 0.05) is 30.5 Å². The number of hydrogen-bond donors (Lipinski definition) is 1. The number of halogens is 3. The molecular weight excluding hydrogens is 441 g/mol. The van der Waals surface area contributed by atoms with E-state index in [0.29, 0.717) is 30.2 Å². The van der Waals surface area contributed by atoms with Crippen LogP contribution in [-0.4, -0.2) is 29.0 Å². The van der Waals surface area contributed by atoms with Gasteiger partial charge in [-0.1, -0.05) is 23.9 Å². The first-order valence-corrected chi connectivity index (χ1v) is 11.0. The molecule has 10 heteroatoms. The second-order valence-electron chi connectivity index (χ2n) is 6.81. The smallest absolute Gasteiger partial charge is 0.433 e. The van der Waals surface area contributed by atoms with E-state index in [9.17, 15) is 18.0 Å².